The van der Waals surface area contributed by atoms with E-state index in [9.17, 15) is 4.79 Å². The summed E-state index contributed by atoms with van der Waals surface area (Å²) in [6, 6.07) is -0.260. The van der Waals surface area contributed by atoms with E-state index >= 15 is 0 Å². The number of nitrogens with zero attached hydrogens (tertiary/aromatic N) is 3. The van der Waals surface area contributed by atoms with Crippen molar-refractivity contribution >= 4 is 18.1 Å². The van der Waals surface area contributed by atoms with Gasteiger partial charge >= 0.3 is 0 Å². The van der Waals surface area contributed by atoms with E-state index in [1.165, 1.54) is 6.42 Å². The number of likely N-dealkylation sites (tertiary alicyclic amines) is 1. The average Bonchev–Trinajstić information content (AvgIpc) is 2.79. The number of aromatic nitrogens is 3. The van der Waals surface area contributed by atoms with E-state index in [1.54, 1.807) is 0 Å². The van der Waals surface area contributed by atoms with Crippen LogP contribution in [0.2, 0.25) is 0 Å². The van der Waals surface area contributed by atoms with Crippen molar-refractivity contribution in [2.24, 2.45) is 0 Å². The number of aromatic amines is 1. The van der Waals surface area contributed by atoms with Gasteiger partial charge in [-0.1, -0.05) is 6.92 Å². The van der Waals surface area contributed by atoms with Crippen molar-refractivity contribution in [2.45, 2.75) is 45.6 Å². The fourth-order valence-corrected chi connectivity index (χ4v) is 2.78. The Morgan fingerprint density at radius 1 is 1.44 bits per heavy atom. The van der Waals surface area contributed by atoms with E-state index in [-0.39, 0.29) is 11.9 Å². The molecule has 2 rings (SSSR count). The van der Waals surface area contributed by atoms with Crippen LogP contribution in [-0.4, -0.2) is 38.7 Å². The summed E-state index contributed by atoms with van der Waals surface area (Å²) < 4.78 is 2.37. The lowest BCUT2D eigenvalue weighted by Crippen LogP contribution is -2.40. The van der Waals surface area contributed by atoms with Gasteiger partial charge in [0.05, 0.1) is 0 Å². The molecule has 1 aromatic heterocycles. The Kier molecular flexibility index (Phi) is 4.16. The average molecular weight is 268 g/mol. The van der Waals surface area contributed by atoms with Gasteiger partial charge < -0.3 is 4.90 Å². The number of carbonyl (C=O) groups excluding carboxylic acids is 1. The molecule has 2 heterocycles. The molecule has 1 atom stereocenters. The van der Waals surface area contributed by atoms with E-state index in [2.05, 4.69) is 10.2 Å². The van der Waals surface area contributed by atoms with E-state index in [0.717, 1.165) is 38.2 Å². The normalized spacial score (nSPS) is 17.8. The van der Waals surface area contributed by atoms with Crippen LogP contribution in [0.15, 0.2) is 0 Å². The lowest BCUT2D eigenvalue weighted by atomic mass is 10.1. The van der Waals surface area contributed by atoms with Crippen molar-refractivity contribution in [3.8, 4) is 0 Å². The van der Waals surface area contributed by atoms with Gasteiger partial charge in [-0.3, -0.25) is 14.5 Å². The number of piperidine rings is 1. The first-order chi connectivity index (χ1) is 8.65. The molecule has 0 saturated carbocycles. The van der Waals surface area contributed by atoms with Crippen LogP contribution in [0.1, 0.15) is 45.0 Å². The fraction of sp³-hybridized carbons (Fsp3) is 0.750. The fourth-order valence-electron chi connectivity index (χ4n) is 2.48. The van der Waals surface area contributed by atoms with E-state index in [1.807, 2.05) is 23.3 Å². The Morgan fingerprint density at radius 2 is 2.11 bits per heavy atom. The minimum atomic E-state index is -0.260. The number of aryl methyl sites for hydroxylation is 1. The zero-order valence-corrected chi connectivity index (χ0v) is 11.8. The standard InChI is InChI=1S/C12H20N4OS/c1-3-10-13-14-12(18)16(10)9(2)11(17)15-7-5-4-6-8-15/h9H,3-8H2,1-2H3,(H,14,18). The summed E-state index contributed by atoms with van der Waals surface area (Å²) in [5.74, 6) is 1.000. The highest BCUT2D eigenvalue weighted by Gasteiger charge is 2.25. The second kappa shape index (κ2) is 5.65. The predicted octanol–water partition coefficient (Wildman–Crippen LogP) is 2.08. The molecule has 1 aliphatic heterocycles. The Bertz CT molecular complexity index is 473. The summed E-state index contributed by atoms with van der Waals surface area (Å²) >= 11 is 5.21. The van der Waals surface area contributed by atoms with Gasteiger partial charge in [-0.25, -0.2) is 0 Å². The third-order valence-electron chi connectivity index (χ3n) is 3.51. The molecule has 1 unspecified atom stereocenters. The zero-order chi connectivity index (χ0) is 13.1. The van der Waals surface area contributed by atoms with Crippen LogP contribution in [0.5, 0.6) is 0 Å². The minimum Gasteiger partial charge on any atom is -0.341 e. The smallest absolute Gasteiger partial charge is 0.245 e. The summed E-state index contributed by atoms with van der Waals surface area (Å²) in [7, 11) is 0. The van der Waals surface area contributed by atoms with Gasteiger partial charge in [-0.2, -0.15) is 5.10 Å². The first-order valence-electron chi connectivity index (χ1n) is 6.59. The molecule has 0 radical (unpaired) electrons. The number of nitrogens with one attached hydrogen (secondary N) is 1. The van der Waals surface area contributed by atoms with Crippen molar-refractivity contribution in [1.29, 1.82) is 0 Å². The lowest BCUT2D eigenvalue weighted by molar-refractivity contribution is -0.135. The molecule has 0 spiro atoms. The van der Waals surface area contributed by atoms with Gasteiger partial charge in [0.1, 0.15) is 11.9 Å². The first kappa shape index (κ1) is 13.3. The van der Waals surface area contributed by atoms with Gasteiger partial charge in [0.15, 0.2) is 4.77 Å². The Hall–Kier alpha value is -1.17. The molecule has 0 aliphatic carbocycles. The van der Waals surface area contributed by atoms with Crippen LogP contribution in [0, 0.1) is 4.77 Å². The Balaban J connectivity index is 2.19. The number of carbonyl (C=O) groups is 1. The number of rotatable bonds is 3. The molecule has 1 N–H and O–H groups in total. The number of hydrogen-bond donors (Lipinski definition) is 1. The molecule has 5 nitrogen and oxygen atoms in total. The van der Waals surface area contributed by atoms with Gasteiger partial charge in [-0.05, 0) is 38.4 Å². The molecule has 18 heavy (non-hydrogen) atoms. The first-order valence-corrected chi connectivity index (χ1v) is 7.00. The predicted molar refractivity (Wildman–Crippen MR) is 71.9 cm³/mol. The topological polar surface area (TPSA) is 53.9 Å². The van der Waals surface area contributed by atoms with Gasteiger partial charge in [-0.15, -0.1) is 0 Å². The summed E-state index contributed by atoms with van der Waals surface area (Å²) in [5, 5.41) is 6.93. The SMILES string of the molecule is CCc1n[nH]c(=S)n1C(C)C(=O)N1CCCCC1. The quantitative estimate of drug-likeness (QED) is 0.854. The highest BCUT2D eigenvalue weighted by molar-refractivity contribution is 7.71. The second-order valence-corrected chi connectivity index (χ2v) is 5.12. The largest absolute Gasteiger partial charge is 0.341 e. The van der Waals surface area contributed by atoms with Crippen LogP contribution in [0.25, 0.3) is 0 Å². The third-order valence-corrected chi connectivity index (χ3v) is 3.79. The minimum absolute atomic E-state index is 0.155. The van der Waals surface area contributed by atoms with E-state index < -0.39 is 0 Å². The molecule has 1 amide bonds. The van der Waals surface area contributed by atoms with Crippen LogP contribution in [0.3, 0.4) is 0 Å². The molecular weight excluding hydrogens is 248 g/mol. The van der Waals surface area contributed by atoms with Crippen molar-refractivity contribution in [2.75, 3.05) is 13.1 Å². The molecular formula is C12H20N4OS. The molecule has 1 saturated heterocycles. The molecule has 1 aromatic rings. The van der Waals surface area contributed by atoms with Crippen LogP contribution >= 0.6 is 12.2 Å². The van der Waals surface area contributed by atoms with Crippen molar-refractivity contribution in [3.05, 3.63) is 10.6 Å². The Morgan fingerprint density at radius 3 is 2.72 bits per heavy atom. The number of hydrogen-bond acceptors (Lipinski definition) is 3. The highest BCUT2D eigenvalue weighted by atomic mass is 32.1. The van der Waals surface area contributed by atoms with Crippen molar-refractivity contribution in [1.82, 2.24) is 19.7 Å². The Labute approximate surface area is 112 Å². The summed E-state index contributed by atoms with van der Waals surface area (Å²) in [6.45, 7) is 5.66. The highest BCUT2D eigenvalue weighted by Crippen LogP contribution is 2.17. The van der Waals surface area contributed by atoms with E-state index in [0.29, 0.717) is 4.77 Å². The number of amides is 1. The maximum absolute atomic E-state index is 12.4. The second-order valence-electron chi connectivity index (χ2n) is 4.73. The monoisotopic (exact) mass is 268 g/mol. The van der Waals surface area contributed by atoms with Gasteiger partial charge in [0, 0.05) is 19.5 Å². The maximum atomic E-state index is 12.4. The number of H-pyrrole nitrogens is 1. The summed E-state index contributed by atoms with van der Waals surface area (Å²) in [5.41, 5.74) is 0. The van der Waals surface area contributed by atoms with Gasteiger partial charge in [0.2, 0.25) is 5.91 Å². The van der Waals surface area contributed by atoms with Crippen LogP contribution in [0.4, 0.5) is 0 Å². The van der Waals surface area contributed by atoms with Crippen molar-refractivity contribution < 1.29 is 4.79 Å². The molecule has 0 aromatic carbocycles. The molecule has 6 heteroatoms. The molecule has 0 bridgehead atoms. The van der Waals surface area contributed by atoms with Crippen LogP contribution < -0.4 is 0 Å². The lowest BCUT2D eigenvalue weighted by Gasteiger charge is -2.29. The summed E-state index contributed by atoms with van der Waals surface area (Å²) in [6.07, 6.45) is 4.21. The zero-order valence-electron chi connectivity index (χ0n) is 11.0. The van der Waals surface area contributed by atoms with Gasteiger partial charge in [0.25, 0.3) is 0 Å². The third kappa shape index (κ3) is 2.48. The maximum Gasteiger partial charge on any atom is 0.245 e. The van der Waals surface area contributed by atoms with Crippen LogP contribution in [-0.2, 0) is 11.2 Å². The van der Waals surface area contributed by atoms with E-state index in [4.69, 9.17) is 12.2 Å². The summed E-state index contributed by atoms with van der Waals surface area (Å²) in [4.78, 5) is 14.4. The molecule has 100 valence electrons. The molecule has 1 fully saturated rings. The van der Waals surface area contributed by atoms with Crippen molar-refractivity contribution in [3.63, 3.8) is 0 Å². The molecule has 1 aliphatic rings.